The zero-order valence-corrected chi connectivity index (χ0v) is 29.4. The van der Waals surface area contributed by atoms with Gasteiger partial charge in [-0.1, -0.05) is 55.8 Å². The number of aromatic amines is 2. The van der Waals surface area contributed by atoms with Crippen molar-refractivity contribution in [2.75, 3.05) is 26.7 Å². The van der Waals surface area contributed by atoms with Crippen molar-refractivity contribution in [3.05, 3.63) is 106 Å². The first-order chi connectivity index (χ1) is 24.7. The molecule has 5 rings (SSSR count). The second kappa shape index (κ2) is 17.4. The number of carbonyl (C=O) groups is 4. The van der Waals surface area contributed by atoms with Crippen LogP contribution in [0.25, 0.3) is 0 Å². The van der Waals surface area contributed by atoms with Crippen molar-refractivity contribution in [1.29, 1.82) is 0 Å². The molecule has 0 spiro atoms. The van der Waals surface area contributed by atoms with Crippen LogP contribution in [0.3, 0.4) is 0 Å². The zero-order chi connectivity index (χ0) is 36.3. The molecular weight excluding hydrogens is 652 g/mol. The molecule has 1 aliphatic heterocycles. The lowest BCUT2D eigenvalue weighted by Crippen LogP contribution is -2.30. The fraction of sp³-hybridized carbons (Fsp3) is 0.368. The summed E-state index contributed by atoms with van der Waals surface area (Å²) in [6.45, 7) is 7.78. The summed E-state index contributed by atoms with van der Waals surface area (Å²) in [5, 5.41) is 11.0. The Morgan fingerprint density at radius 3 is 2.04 bits per heavy atom. The van der Waals surface area contributed by atoms with Crippen LogP contribution in [0, 0.1) is 0 Å². The summed E-state index contributed by atoms with van der Waals surface area (Å²) >= 11 is 0. The highest BCUT2D eigenvalue weighted by molar-refractivity contribution is 6.00. The maximum absolute atomic E-state index is 13.3. The number of nitrogens with one attached hydrogen (secondary N) is 6. The highest BCUT2D eigenvalue weighted by Gasteiger charge is 2.25. The van der Waals surface area contributed by atoms with Crippen LogP contribution in [0.4, 0.5) is 0 Å². The Kier molecular flexibility index (Phi) is 12.5. The summed E-state index contributed by atoms with van der Waals surface area (Å²) in [6, 6.07) is 18.8. The molecule has 0 fully saturated rings. The van der Waals surface area contributed by atoms with Crippen LogP contribution in [0.1, 0.15) is 116 Å². The Morgan fingerprint density at radius 2 is 1.37 bits per heavy atom. The minimum atomic E-state index is -0.443. The molecule has 6 N–H and O–H groups in total. The highest BCUT2D eigenvalue weighted by atomic mass is 16.5. The van der Waals surface area contributed by atoms with Gasteiger partial charge in [-0.3, -0.25) is 19.2 Å². The summed E-state index contributed by atoms with van der Waals surface area (Å²) in [5.41, 5.74) is 4.79. The van der Waals surface area contributed by atoms with E-state index < -0.39 is 23.8 Å². The van der Waals surface area contributed by atoms with E-state index in [1.165, 1.54) is 13.1 Å². The molecule has 0 saturated heterocycles. The van der Waals surface area contributed by atoms with Crippen LogP contribution in [0.2, 0.25) is 0 Å². The topological polar surface area (TPSA) is 176 Å². The molecule has 0 aliphatic carbocycles. The van der Waals surface area contributed by atoms with E-state index in [9.17, 15) is 19.2 Å². The Morgan fingerprint density at radius 1 is 0.745 bits per heavy atom. The quantitative estimate of drug-likeness (QED) is 0.0833. The van der Waals surface area contributed by atoms with Crippen molar-refractivity contribution in [2.24, 2.45) is 0 Å². The van der Waals surface area contributed by atoms with Crippen molar-refractivity contribution < 1.29 is 33.4 Å². The molecule has 1 aliphatic rings. The molecule has 270 valence electrons. The van der Waals surface area contributed by atoms with Gasteiger partial charge in [-0.05, 0) is 55.0 Å². The van der Waals surface area contributed by atoms with Gasteiger partial charge in [0, 0.05) is 38.8 Å². The maximum Gasteiger partial charge on any atom is 0.271 e. The minimum absolute atomic E-state index is 0.135. The zero-order valence-electron chi connectivity index (χ0n) is 29.4. The minimum Gasteiger partial charge on any atom is -0.484 e. The molecule has 0 saturated carbocycles. The fourth-order valence-corrected chi connectivity index (χ4v) is 5.78. The number of hydrogen-bond acceptors (Lipinski definition) is 7. The van der Waals surface area contributed by atoms with Gasteiger partial charge in [0.15, 0.2) is 11.5 Å². The molecule has 2 aromatic heterocycles. The summed E-state index contributed by atoms with van der Waals surface area (Å²) in [4.78, 5) is 57.5. The Labute approximate surface area is 297 Å². The number of benzene rings is 2. The van der Waals surface area contributed by atoms with Gasteiger partial charge in [-0.25, -0.2) is 0 Å². The molecular formula is C38H46N6O7. The standard InChI is InChI=1S/C38H46N6O7/c1-5-11-30(24-12-8-7-9-13-24)51-32-20-28(35(45)40-6-2)44-34(32)38(48)42-17-10-16-41-36(46)29-19-31(33(43-29)37(47)39-4)50-23(3)25-14-15-26-21-49-22-27(26)18-25/h7-9,12-15,18-20,23,30,43-44H,5-6,10-11,16-17,21-22H2,1-4H3,(H,39,47)(H,40,45)(H,41,46)(H,42,48). The Bertz CT molecular complexity index is 1830. The van der Waals surface area contributed by atoms with E-state index in [0.29, 0.717) is 26.2 Å². The smallest absolute Gasteiger partial charge is 0.271 e. The van der Waals surface area contributed by atoms with Crippen LogP contribution in [0.15, 0.2) is 60.7 Å². The van der Waals surface area contributed by atoms with E-state index in [1.54, 1.807) is 6.07 Å². The van der Waals surface area contributed by atoms with Gasteiger partial charge in [-0.15, -0.1) is 0 Å². The first kappa shape index (κ1) is 36.7. The SMILES string of the molecule is CCCC(Oc1cc(C(=O)NCC)[nH]c1C(=O)NCCCNC(=O)c1cc(OC(C)c2ccc3c(c2)COC3)c(C(=O)NC)[nH]1)c1ccccc1. The first-order valence-corrected chi connectivity index (χ1v) is 17.3. The molecule has 0 radical (unpaired) electrons. The van der Waals surface area contributed by atoms with Crippen LogP contribution in [0.5, 0.6) is 11.5 Å². The van der Waals surface area contributed by atoms with Gasteiger partial charge in [0.25, 0.3) is 23.6 Å². The first-order valence-electron chi connectivity index (χ1n) is 17.3. The van der Waals surface area contributed by atoms with Gasteiger partial charge >= 0.3 is 0 Å². The average molecular weight is 699 g/mol. The van der Waals surface area contributed by atoms with Crippen LogP contribution < -0.4 is 30.7 Å². The lowest BCUT2D eigenvalue weighted by molar-refractivity contribution is 0.0934. The summed E-state index contributed by atoms with van der Waals surface area (Å²) in [5.74, 6) is -1.11. The normalized spacial score (nSPS) is 13.1. The Hall–Kier alpha value is -5.56. The van der Waals surface area contributed by atoms with Gasteiger partial charge in [0.2, 0.25) is 0 Å². The van der Waals surface area contributed by atoms with Crippen LogP contribution in [-0.4, -0.2) is 60.3 Å². The van der Waals surface area contributed by atoms with E-state index in [1.807, 2.05) is 62.4 Å². The molecule has 2 aromatic carbocycles. The maximum atomic E-state index is 13.3. The number of fused-ring (bicyclic) bond motifs is 1. The largest absolute Gasteiger partial charge is 0.484 e. The third kappa shape index (κ3) is 9.17. The molecule has 51 heavy (non-hydrogen) atoms. The van der Waals surface area contributed by atoms with Gasteiger partial charge in [0.1, 0.15) is 35.0 Å². The molecule has 2 unspecified atom stereocenters. The molecule has 3 heterocycles. The van der Waals surface area contributed by atoms with Crippen LogP contribution in [-0.2, 0) is 18.0 Å². The second-order valence-electron chi connectivity index (χ2n) is 12.2. The predicted octanol–water partition coefficient (Wildman–Crippen LogP) is 5.09. The lowest BCUT2D eigenvalue weighted by atomic mass is 10.0. The third-order valence-corrected chi connectivity index (χ3v) is 8.51. The molecule has 4 amide bonds. The lowest BCUT2D eigenvalue weighted by Gasteiger charge is -2.19. The fourth-order valence-electron chi connectivity index (χ4n) is 5.78. The van der Waals surface area contributed by atoms with E-state index >= 15 is 0 Å². The number of amides is 4. The molecule has 0 bridgehead atoms. The van der Waals surface area contributed by atoms with Crippen molar-refractivity contribution >= 4 is 23.6 Å². The second-order valence-corrected chi connectivity index (χ2v) is 12.2. The molecule has 2 atom stereocenters. The van der Waals surface area contributed by atoms with E-state index in [-0.39, 0.29) is 59.4 Å². The number of rotatable bonds is 17. The van der Waals surface area contributed by atoms with E-state index in [2.05, 4.69) is 38.2 Å². The number of H-pyrrole nitrogens is 2. The highest BCUT2D eigenvalue weighted by Crippen LogP contribution is 2.31. The van der Waals surface area contributed by atoms with Crippen molar-refractivity contribution in [3.63, 3.8) is 0 Å². The van der Waals surface area contributed by atoms with Crippen LogP contribution >= 0.6 is 0 Å². The summed E-state index contributed by atoms with van der Waals surface area (Å²) in [7, 11) is 1.50. The summed E-state index contributed by atoms with van der Waals surface area (Å²) in [6.07, 6.45) is 1.28. The Balaban J connectivity index is 1.18. The number of ether oxygens (including phenoxy) is 3. The van der Waals surface area contributed by atoms with Crippen molar-refractivity contribution in [3.8, 4) is 11.5 Å². The third-order valence-electron chi connectivity index (χ3n) is 8.51. The molecule has 13 heteroatoms. The molecule has 13 nitrogen and oxygen atoms in total. The summed E-state index contributed by atoms with van der Waals surface area (Å²) < 4.78 is 18.0. The van der Waals surface area contributed by atoms with Crippen molar-refractivity contribution in [1.82, 2.24) is 31.2 Å². The van der Waals surface area contributed by atoms with Crippen molar-refractivity contribution in [2.45, 2.75) is 65.5 Å². The van der Waals surface area contributed by atoms with Gasteiger partial charge in [0.05, 0.1) is 13.2 Å². The van der Waals surface area contributed by atoms with Gasteiger partial charge in [-0.2, -0.15) is 0 Å². The monoisotopic (exact) mass is 698 g/mol. The molecule has 4 aromatic rings. The number of carbonyl (C=O) groups excluding carboxylic acids is 4. The van der Waals surface area contributed by atoms with Gasteiger partial charge < -0.3 is 45.4 Å². The average Bonchev–Trinajstić information content (AvgIpc) is 3.90. The van der Waals surface area contributed by atoms with E-state index in [0.717, 1.165) is 35.1 Å². The predicted molar refractivity (Wildman–Crippen MR) is 191 cm³/mol. The van der Waals surface area contributed by atoms with E-state index in [4.69, 9.17) is 14.2 Å². The number of hydrogen-bond donors (Lipinski definition) is 6. The number of aromatic nitrogens is 2.